The number of hydrogen-bond donors (Lipinski definition) is 2. The molecule has 1 aromatic carbocycles. The maximum Gasteiger partial charge on any atom is 0.270 e. The molecule has 2 heterocycles. The number of nitrogens with zero attached hydrogens (tertiary/aromatic N) is 3. The Labute approximate surface area is 157 Å². The molecule has 0 fully saturated rings. The molecule has 0 saturated carbocycles. The summed E-state index contributed by atoms with van der Waals surface area (Å²) in [6.07, 6.45) is 1.69. The zero-order valence-corrected chi connectivity index (χ0v) is 15.3. The zero-order chi connectivity index (χ0) is 19.1. The Morgan fingerprint density at radius 3 is 2.63 bits per heavy atom. The lowest BCUT2D eigenvalue weighted by Crippen LogP contribution is -2.24. The van der Waals surface area contributed by atoms with E-state index < -0.39 is 0 Å². The number of ether oxygens (including phenoxy) is 1. The summed E-state index contributed by atoms with van der Waals surface area (Å²) >= 11 is 0. The van der Waals surface area contributed by atoms with Gasteiger partial charge in [0.05, 0.1) is 18.8 Å². The van der Waals surface area contributed by atoms with Gasteiger partial charge in [-0.1, -0.05) is 6.07 Å². The lowest BCUT2D eigenvalue weighted by atomic mass is 10.3. The highest BCUT2D eigenvalue weighted by Crippen LogP contribution is 2.18. The van der Waals surface area contributed by atoms with Crippen LogP contribution in [-0.2, 0) is 6.54 Å². The zero-order valence-electron chi connectivity index (χ0n) is 15.3. The van der Waals surface area contributed by atoms with E-state index >= 15 is 0 Å². The van der Waals surface area contributed by atoms with Crippen LogP contribution in [0.25, 0.3) is 0 Å². The van der Waals surface area contributed by atoms with E-state index in [0.29, 0.717) is 30.5 Å². The summed E-state index contributed by atoms with van der Waals surface area (Å²) in [6, 6.07) is 14.7. The van der Waals surface area contributed by atoms with Crippen molar-refractivity contribution < 1.29 is 9.53 Å². The Bertz CT molecular complexity index is 898. The second-order valence-corrected chi connectivity index (χ2v) is 5.80. The van der Waals surface area contributed by atoms with E-state index in [2.05, 4.69) is 25.6 Å². The molecule has 27 heavy (non-hydrogen) atoms. The van der Waals surface area contributed by atoms with E-state index in [9.17, 15) is 4.79 Å². The molecule has 3 aromatic rings. The van der Waals surface area contributed by atoms with Crippen LogP contribution in [0.4, 0.5) is 11.6 Å². The van der Waals surface area contributed by atoms with Crippen LogP contribution in [0.15, 0.2) is 54.7 Å². The van der Waals surface area contributed by atoms with Gasteiger partial charge in [0, 0.05) is 17.6 Å². The predicted molar refractivity (Wildman–Crippen MR) is 103 cm³/mol. The molecule has 3 rings (SSSR count). The molecule has 0 atom stereocenters. The minimum atomic E-state index is -0.277. The van der Waals surface area contributed by atoms with E-state index in [-0.39, 0.29) is 5.91 Å². The van der Waals surface area contributed by atoms with Crippen molar-refractivity contribution in [2.45, 2.75) is 20.4 Å². The molecular weight excluding hydrogens is 342 g/mol. The summed E-state index contributed by atoms with van der Waals surface area (Å²) in [5, 5.41) is 5.93. The van der Waals surface area contributed by atoms with Crippen LogP contribution in [-0.4, -0.2) is 27.5 Å². The number of pyridine rings is 1. The topological polar surface area (TPSA) is 89.0 Å². The molecule has 7 nitrogen and oxygen atoms in total. The Balaban J connectivity index is 1.68. The van der Waals surface area contributed by atoms with Gasteiger partial charge in [-0.3, -0.25) is 9.78 Å². The van der Waals surface area contributed by atoms with Gasteiger partial charge in [0.2, 0.25) is 5.95 Å². The van der Waals surface area contributed by atoms with Crippen molar-refractivity contribution in [1.29, 1.82) is 0 Å². The molecule has 0 saturated heterocycles. The average molecular weight is 363 g/mol. The van der Waals surface area contributed by atoms with E-state index in [1.54, 1.807) is 12.3 Å². The molecule has 0 aliphatic rings. The fourth-order valence-electron chi connectivity index (χ4n) is 2.44. The summed E-state index contributed by atoms with van der Waals surface area (Å²) in [7, 11) is 0. The van der Waals surface area contributed by atoms with Crippen molar-refractivity contribution >= 4 is 17.5 Å². The van der Waals surface area contributed by atoms with Crippen molar-refractivity contribution in [2.24, 2.45) is 0 Å². The number of hydrogen-bond acceptors (Lipinski definition) is 6. The van der Waals surface area contributed by atoms with Crippen molar-refractivity contribution in [3.05, 3.63) is 71.8 Å². The lowest BCUT2D eigenvalue weighted by Gasteiger charge is -2.09. The molecule has 0 bridgehead atoms. The summed E-state index contributed by atoms with van der Waals surface area (Å²) < 4.78 is 5.43. The third kappa shape index (κ3) is 5.24. The van der Waals surface area contributed by atoms with Crippen LogP contribution >= 0.6 is 0 Å². The largest absolute Gasteiger partial charge is 0.494 e. The molecule has 0 aliphatic carbocycles. The van der Waals surface area contributed by atoms with Crippen LogP contribution in [0.1, 0.15) is 28.8 Å². The van der Waals surface area contributed by atoms with Gasteiger partial charge in [0.25, 0.3) is 5.91 Å². The van der Waals surface area contributed by atoms with E-state index in [1.807, 2.05) is 56.3 Å². The van der Waals surface area contributed by atoms with Crippen LogP contribution in [0.5, 0.6) is 5.75 Å². The highest BCUT2D eigenvalue weighted by molar-refractivity contribution is 5.92. The number of benzene rings is 1. The summed E-state index contributed by atoms with van der Waals surface area (Å²) in [5.41, 5.74) is 2.58. The molecule has 1 amide bonds. The molecule has 0 aliphatic heterocycles. The van der Waals surface area contributed by atoms with Gasteiger partial charge in [-0.25, -0.2) is 9.97 Å². The van der Waals surface area contributed by atoms with E-state index in [4.69, 9.17) is 4.74 Å². The predicted octanol–water partition coefficient (Wildman–Crippen LogP) is 3.25. The van der Waals surface area contributed by atoms with E-state index in [0.717, 1.165) is 17.1 Å². The second-order valence-electron chi connectivity index (χ2n) is 5.80. The Hall–Kier alpha value is -3.48. The molecular formula is C20H21N5O2. The highest BCUT2D eigenvalue weighted by atomic mass is 16.5. The number of rotatable bonds is 7. The Morgan fingerprint density at radius 2 is 1.93 bits per heavy atom. The number of anilines is 2. The second kappa shape index (κ2) is 8.75. The minimum Gasteiger partial charge on any atom is -0.494 e. The van der Waals surface area contributed by atoms with Crippen LogP contribution < -0.4 is 15.4 Å². The Kier molecular flexibility index (Phi) is 5.94. The van der Waals surface area contributed by atoms with Crippen molar-refractivity contribution in [3.8, 4) is 5.75 Å². The average Bonchev–Trinajstić information content (AvgIpc) is 2.68. The van der Waals surface area contributed by atoms with Crippen LogP contribution in [0.2, 0.25) is 0 Å². The molecule has 0 unspecified atom stereocenters. The maximum atomic E-state index is 12.4. The van der Waals surface area contributed by atoms with Gasteiger partial charge in [0.1, 0.15) is 11.4 Å². The van der Waals surface area contributed by atoms with Gasteiger partial charge < -0.3 is 15.4 Å². The fraction of sp³-hybridized carbons (Fsp3) is 0.200. The van der Waals surface area contributed by atoms with Crippen LogP contribution in [0.3, 0.4) is 0 Å². The highest BCUT2D eigenvalue weighted by Gasteiger charge is 2.11. The first-order chi connectivity index (χ1) is 13.1. The normalized spacial score (nSPS) is 10.3. The van der Waals surface area contributed by atoms with E-state index in [1.165, 1.54) is 0 Å². The minimum absolute atomic E-state index is 0.277. The molecule has 0 spiro atoms. The summed E-state index contributed by atoms with van der Waals surface area (Å²) in [4.78, 5) is 25.3. The smallest absolute Gasteiger partial charge is 0.270 e. The lowest BCUT2D eigenvalue weighted by molar-refractivity contribution is 0.0945. The molecule has 0 radical (unpaired) electrons. The standard InChI is InChI=1S/C20H21N5O2/c1-3-27-17-9-7-15(8-10-17)24-20-23-14(2)12-18(25-20)19(26)22-13-16-6-4-5-11-21-16/h4-12H,3,13H2,1-2H3,(H,22,26)(H,23,24,25). The summed E-state index contributed by atoms with van der Waals surface area (Å²) in [6.45, 7) is 4.71. The number of aryl methyl sites for hydroxylation is 1. The molecule has 138 valence electrons. The fourth-order valence-corrected chi connectivity index (χ4v) is 2.44. The summed E-state index contributed by atoms with van der Waals surface area (Å²) in [5.74, 6) is 0.880. The molecule has 2 N–H and O–H groups in total. The number of carbonyl (C=O) groups excluding carboxylic acids is 1. The van der Waals surface area contributed by atoms with Gasteiger partial charge in [-0.05, 0) is 56.3 Å². The van der Waals surface area contributed by atoms with Crippen molar-refractivity contribution in [3.63, 3.8) is 0 Å². The van der Waals surface area contributed by atoms with Crippen LogP contribution in [0, 0.1) is 6.92 Å². The third-order valence-electron chi connectivity index (χ3n) is 3.66. The molecule has 7 heteroatoms. The SMILES string of the molecule is CCOc1ccc(Nc2nc(C)cc(C(=O)NCc3ccccn3)n2)cc1. The Morgan fingerprint density at radius 1 is 1.11 bits per heavy atom. The third-order valence-corrected chi connectivity index (χ3v) is 3.66. The number of carbonyl (C=O) groups is 1. The van der Waals surface area contributed by atoms with Gasteiger partial charge >= 0.3 is 0 Å². The first-order valence-electron chi connectivity index (χ1n) is 8.67. The molecule has 2 aromatic heterocycles. The maximum absolute atomic E-state index is 12.4. The number of nitrogens with one attached hydrogen (secondary N) is 2. The van der Waals surface area contributed by atoms with Crippen molar-refractivity contribution in [1.82, 2.24) is 20.3 Å². The first-order valence-corrected chi connectivity index (χ1v) is 8.67. The van der Waals surface area contributed by atoms with Gasteiger partial charge in [-0.2, -0.15) is 0 Å². The number of amides is 1. The monoisotopic (exact) mass is 363 g/mol. The first kappa shape index (κ1) is 18.3. The number of aromatic nitrogens is 3. The van der Waals surface area contributed by atoms with Gasteiger partial charge in [0.15, 0.2) is 0 Å². The van der Waals surface area contributed by atoms with Crippen molar-refractivity contribution in [2.75, 3.05) is 11.9 Å². The quantitative estimate of drug-likeness (QED) is 0.670. The van der Waals surface area contributed by atoms with Gasteiger partial charge in [-0.15, -0.1) is 0 Å².